The normalized spacial score (nSPS) is 17.1. The molecule has 7 nitrogen and oxygen atoms in total. The first kappa shape index (κ1) is 26.3. The summed E-state index contributed by atoms with van der Waals surface area (Å²) in [5, 5.41) is 2.62. The lowest BCUT2D eigenvalue weighted by Gasteiger charge is -2.28. The number of aryl methyl sites for hydroxylation is 1. The van der Waals surface area contributed by atoms with Crippen LogP contribution in [-0.4, -0.2) is 35.0 Å². The Morgan fingerprint density at radius 3 is 2.30 bits per heavy atom. The summed E-state index contributed by atoms with van der Waals surface area (Å²) in [6.07, 6.45) is 5.17. The summed E-state index contributed by atoms with van der Waals surface area (Å²) in [6.45, 7) is 3.87. The maximum absolute atomic E-state index is 13.1. The zero-order valence-corrected chi connectivity index (χ0v) is 21.6. The number of carbonyl (C=O) groups excluding carboxylic acids is 2. The summed E-state index contributed by atoms with van der Waals surface area (Å²) in [6, 6.07) is 20.4. The molecule has 1 aromatic heterocycles. The molecular formula is C30H35N3O4. The third kappa shape index (κ3) is 7.38. The Morgan fingerprint density at radius 1 is 0.946 bits per heavy atom. The zero-order valence-electron chi connectivity index (χ0n) is 21.6. The highest BCUT2D eigenvalue weighted by atomic mass is 16.5. The standard InChI is InChI=1S/C30H35N3O4/c1-3-36-27(34)19-31-30(35)28-29(37-20-23-10-6-4-7-11-23)21(2)32-26(33-28)18-22-14-16-25(17-15-22)24-12-8-5-9-13-24/h4-13,22,25H,3,14-20H2,1-2H3,(H,31,35). The van der Waals surface area contributed by atoms with Crippen LogP contribution >= 0.6 is 0 Å². The van der Waals surface area contributed by atoms with Gasteiger partial charge in [0.05, 0.1) is 12.3 Å². The van der Waals surface area contributed by atoms with E-state index < -0.39 is 11.9 Å². The number of benzene rings is 2. The molecule has 0 atom stereocenters. The van der Waals surface area contributed by atoms with Crippen molar-refractivity contribution >= 4 is 11.9 Å². The number of amides is 1. The number of hydrogen-bond acceptors (Lipinski definition) is 6. The van der Waals surface area contributed by atoms with Gasteiger partial charge in [0, 0.05) is 6.42 Å². The summed E-state index contributed by atoms with van der Waals surface area (Å²) in [5.41, 5.74) is 3.15. The topological polar surface area (TPSA) is 90.4 Å². The molecule has 1 aliphatic rings. The van der Waals surface area contributed by atoms with Crippen LogP contribution in [0.1, 0.15) is 71.7 Å². The second-order valence-corrected chi connectivity index (χ2v) is 9.50. The van der Waals surface area contributed by atoms with Gasteiger partial charge >= 0.3 is 5.97 Å². The molecule has 0 aliphatic heterocycles. The molecule has 7 heteroatoms. The Morgan fingerprint density at radius 2 is 1.62 bits per heavy atom. The van der Waals surface area contributed by atoms with Crippen LogP contribution in [0.4, 0.5) is 0 Å². The second kappa shape index (κ2) is 13.0. The lowest BCUT2D eigenvalue weighted by atomic mass is 9.77. The van der Waals surface area contributed by atoms with Crippen molar-refractivity contribution in [3.05, 3.63) is 89.0 Å². The number of hydrogen-bond donors (Lipinski definition) is 1. The molecule has 0 spiro atoms. The van der Waals surface area contributed by atoms with Gasteiger partial charge < -0.3 is 14.8 Å². The Labute approximate surface area is 218 Å². The Balaban J connectivity index is 1.47. The number of esters is 1. The van der Waals surface area contributed by atoms with Crippen LogP contribution in [0.2, 0.25) is 0 Å². The van der Waals surface area contributed by atoms with Crippen molar-refractivity contribution in [3.63, 3.8) is 0 Å². The first-order valence-corrected chi connectivity index (χ1v) is 13.1. The van der Waals surface area contributed by atoms with Gasteiger partial charge in [-0.05, 0) is 62.5 Å². The maximum Gasteiger partial charge on any atom is 0.325 e. The molecule has 1 amide bonds. The van der Waals surface area contributed by atoms with Crippen molar-refractivity contribution in [2.75, 3.05) is 13.2 Å². The van der Waals surface area contributed by atoms with E-state index in [1.165, 1.54) is 5.56 Å². The van der Waals surface area contributed by atoms with Crippen LogP contribution in [-0.2, 0) is 22.6 Å². The lowest BCUT2D eigenvalue weighted by Crippen LogP contribution is -2.32. The first-order valence-electron chi connectivity index (χ1n) is 13.1. The highest BCUT2D eigenvalue weighted by Gasteiger charge is 2.26. The van der Waals surface area contributed by atoms with Gasteiger partial charge in [-0.1, -0.05) is 60.7 Å². The molecule has 1 saturated carbocycles. The molecule has 194 valence electrons. The Hall–Kier alpha value is -3.74. The smallest absolute Gasteiger partial charge is 0.325 e. The number of carbonyl (C=O) groups is 2. The van der Waals surface area contributed by atoms with Crippen molar-refractivity contribution in [2.45, 2.75) is 58.5 Å². The highest BCUT2D eigenvalue weighted by Crippen LogP contribution is 2.37. The van der Waals surface area contributed by atoms with Crippen LogP contribution in [0.25, 0.3) is 0 Å². The van der Waals surface area contributed by atoms with E-state index in [0.717, 1.165) is 31.2 Å². The van der Waals surface area contributed by atoms with Gasteiger partial charge in [0.2, 0.25) is 0 Å². The van der Waals surface area contributed by atoms with E-state index in [1.54, 1.807) is 6.92 Å². The average Bonchev–Trinajstić information content (AvgIpc) is 2.92. The molecule has 0 unspecified atom stereocenters. The molecule has 0 radical (unpaired) electrons. The van der Waals surface area contributed by atoms with Crippen LogP contribution in [0.3, 0.4) is 0 Å². The number of nitrogens with one attached hydrogen (secondary N) is 1. The fourth-order valence-electron chi connectivity index (χ4n) is 4.90. The predicted molar refractivity (Wildman–Crippen MR) is 141 cm³/mol. The van der Waals surface area contributed by atoms with E-state index in [1.807, 2.05) is 37.3 Å². The molecule has 0 saturated heterocycles. The van der Waals surface area contributed by atoms with Gasteiger partial charge in [-0.2, -0.15) is 0 Å². The van der Waals surface area contributed by atoms with E-state index in [-0.39, 0.29) is 25.5 Å². The van der Waals surface area contributed by atoms with Crippen LogP contribution in [0, 0.1) is 12.8 Å². The molecule has 1 fully saturated rings. The van der Waals surface area contributed by atoms with E-state index in [2.05, 4.69) is 40.6 Å². The summed E-state index contributed by atoms with van der Waals surface area (Å²) >= 11 is 0. The number of aromatic nitrogens is 2. The van der Waals surface area contributed by atoms with E-state index in [4.69, 9.17) is 14.5 Å². The lowest BCUT2D eigenvalue weighted by molar-refractivity contribution is -0.141. The van der Waals surface area contributed by atoms with Gasteiger partial charge in [0.15, 0.2) is 11.4 Å². The van der Waals surface area contributed by atoms with Crippen molar-refractivity contribution in [1.29, 1.82) is 0 Å². The molecule has 37 heavy (non-hydrogen) atoms. The largest absolute Gasteiger partial charge is 0.485 e. The van der Waals surface area contributed by atoms with E-state index in [9.17, 15) is 9.59 Å². The molecule has 4 rings (SSSR count). The van der Waals surface area contributed by atoms with Gasteiger partial charge in [0.1, 0.15) is 19.0 Å². The van der Waals surface area contributed by atoms with Crippen LogP contribution in [0.5, 0.6) is 5.75 Å². The minimum atomic E-state index is -0.496. The zero-order chi connectivity index (χ0) is 26.0. The van der Waals surface area contributed by atoms with Crippen molar-refractivity contribution in [3.8, 4) is 5.75 Å². The van der Waals surface area contributed by atoms with Gasteiger partial charge in [-0.25, -0.2) is 9.97 Å². The fraction of sp³-hybridized carbons (Fsp3) is 0.400. The predicted octanol–water partition coefficient (Wildman–Crippen LogP) is 5.17. The number of rotatable bonds is 10. The van der Waals surface area contributed by atoms with E-state index >= 15 is 0 Å². The minimum Gasteiger partial charge on any atom is -0.485 e. The highest BCUT2D eigenvalue weighted by molar-refractivity contribution is 5.96. The number of ether oxygens (including phenoxy) is 2. The van der Waals surface area contributed by atoms with Gasteiger partial charge in [-0.15, -0.1) is 0 Å². The number of nitrogens with zero attached hydrogens (tertiary/aromatic N) is 2. The average molecular weight is 502 g/mol. The van der Waals surface area contributed by atoms with Crippen molar-refractivity contribution in [2.24, 2.45) is 5.92 Å². The molecular weight excluding hydrogens is 466 g/mol. The molecule has 0 bridgehead atoms. The minimum absolute atomic E-state index is 0.153. The third-order valence-corrected chi connectivity index (χ3v) is 6.81. The second-order valence-electron chi connectivity index (χ2n) is 9.50. The van der Waals surface area contributed by atoms with Crippen molar-refractivity contribution < 1.29 is 19.1 Å². The van der Waals surface area contributed by atoms with E-state index in [0.29, 0.717) is 35.5 Å². The SMILES string of the molecule is CCOC(=O)CNC(=O)c1nc(CC2CCC(c3ccccc3)CC2)nc(C)c1OCc1ccccc1. The molecule has 2 aromatic carbocycles. The Kier molecular flexibility index (Phi) is 9.24. The monoisotopic (exact) mass is 501 g/mol. The quantitative estimate of drug-likeness (QED) is 0.385. The van der Waals surface area contributed by atoms with Crippen LogP contribution in [0.15, 0.2) is 60.7 Å². The summed E-state index contributed by atoms with van der Waals surface area (Å²) < 4.78 is 11.0. The van der Waals surface area contributed by atoms with Gasteiger partial charge in [0.25, 0.3) is 5.91 Å². The van der Waals surface area contributed by atoms with Crippen molar-refractivity contribution in [1.82, 2.24) is 15.3 Å². The fourth-order valence-corrected chi connectivity index (χ4v) is 4.90. The van der Waals surface area contributed by atoms with Crippen LogP contribution < -0.4 is 10.1 Å². The maximum atomic E-state index is 13.1. The molecule has 1 N–H and O–H groups in total. The van der Waals surface area contributed by atoms with Gasteiger partial charge in [-0.3, -0.25) is 9.59 Å². The summed E-state index contributed by atoms with van der Waals surface area (Å²) in [4.78, 5) is 34.2. The molecule has 1 heterocycles. The Bertz CT molecular complexity index is 1180. The third-order valence-electron chi connectivity index (χ3n) is 6.81. The molecule has 3 aromatic rings. The summed E-state index contributed by atoms with van der Waals surface area (Å²) in [7, 11) is 0. The molecule has 1 aliphatic carbocycles. The summed E-state index contributed by atoms with van der Waals surface area (Å²) in [5.74, 6) is 1.05. The first-order chi connectivity index (χ1) is 18.0.